The highest BCUT2D eigenvalue weighted by atomic mass is 31.2. The van der Waals surface area contributed by atoms with Crippen LogP contribution in [0.2, 0.25) is 0 Å². The van der Waals surface area contributed by atoms with Crippen LogP contribution in [0.4, 0.5) is 0 Å². The number of phosphoric ester groups is 1. The van der Waals surface area contributed by atoms with Crippen molar-refractivity contribution in [2.24, 2.45) is 5.73 Å². The molecule has 0 bridgehead atoms. The number of hydrogen-bond donors (Lipinski definition) is 2. The first-order chi connectivity index (χ1) is 34.8. The molecule has 71 heavy (non-hydrogen) atoms. The Morgan fingerprint density at radius 1 is 0.423 bits per heavy atom. The molecule has 0 aliphatic carbocycles. The summed E-state index contributed by atoms with van der Waals surface area (Å²) in [6.07, 6.45) is 70.4. The Morgan fingerprint density at radius 2 is 0.732 bits per heavy atom. The molecule has 0 aliphatic heterocycles. The molecule has 2 atom stereocenters. The Labute approximate surface area is 438 Å². The van der Waals surface area contributed by atoms with Gasteiger partial charge in [0, 0.05) is 19.4 Å². The first-order valence-corrected chi connectivity index (χ1v) is 31.6. The van der Waals surface area contributed by atoms with Crippen molar-refractivity contribution in [3.8, 4) is 0 Å². The van der Waals surface area contributed by atoms with Crippen molar-refractivity contribution in [3.05, 3.63) is 48.6 Å². The van der Waals surface area contributed by atoms with Gasteiger partial charge in [-0.15, -0.1) is 0 Å². The molecule has 0 aromatic rings. The van der Waals surface area contributed by atoms with Gasteiger partial charge < -0.3 is 20.1 Å². The van der Waals surface area contributed by atoms with E-state index in [-0.39, 0.29) is 38.6 Å². The molecule has 0 aliphatic rings. The van der Waals surface area contributed by atoms with Crippen LogP contribution in [0, 0.1) is 0 Å². The smallest absolute Gasteiger partial charge is 0.462 e. The molecular formula is C61H114NO8P. The number of esters is 2. The lowest BCUT2D eigenvalue weighted by molar-refractivity contribution is -0.161. The average molecular weight is 1020 g/mol. The van der Waals surface area contributed by atoms with Gasteiger partial charge in [-0.2, -0.15) is 0 Å². The Balaban J connectivity index is 3.86. The lowest BCUT2D eigenvalue weighted by atomic mass is 10.0. The van der Waals surface area contributed by atoms with Crippen LogP contribution in [0.1, 0.15) is 296 Å². The number of nitrogens with two attached hydrogens (primary N) is 1. The Morgan fingerprint density at radius 3 is 1.10 bits per heavy atom. The second kappa shape index (κ2) is 57.3. The number of allylic oxidation sites excluding steroid dienone is 8. The summed E-state index contributed by atoms with van der Waals surface area (Å²) in [6, 6.07) is 0. The van der Waals surface area contributed by atoms with Gasteiger partial charge in [-0.25, -0.2) is 4.57 Å². The van der Waals surface area contributed by atoms with Crippen molar-refractivity contribution in [1.29, 1.82) is 0 Å². The van der Waals surface area contributed by atoms with E-state index >= 15 is 0 Å². The van der Waals surface area contributed by atoms with E-state index in [0.29, 0.717) is 6.42 Å². The van der Waals surface area contributed by atoms with Crippen molar-refractivity contribution >= 4 is 19.8 Å². The molecule has 0 radical (unpaired) electrons. The molecule has 0 fully saturated rings. The first kappa shape index (κ1) is 69.0. The molecule has 0 aromatic heterocycles. The first-order valence-electron chi connectivity index (χ1n) is 30.1. The van der Waals surface area contributed by atoms with E-state index in [1.165, 1.54) is 205 Å². The molecule has 0 saturated heterocycles. The average Bonchev–Trinajstić information content (AvgIpc) is 3.36. The van der Waals surface area contributed by atoms with Gasteiger partial charge >= 0.3 is 19.8 Å². The third-order valence-corrected chi connectivity index (χ3v) is 14.2. The molecule has 416 valence electrons. The number of hydrogen-bond acceptors (Lipinski definition) is 8. The third kappa shape index (κ3) is 57.1. The summed E-state index contributed by atoms with van der Waals surface area (Å²) < 4.78 is 33.0. The van der Waals surface area contributed by atoms with E-state index in [4.69, 9.17) is 24.3 Å². The van der Waals surface area contributed by atoms with E-state index in [9.17, 15) is 19.0 Å². The lowest BCUT2D eigenvalue weighted by Gasteiger charge is -2.19. The van der Waals surface area contributed by atoms with Gasteiger partial charge in [-0.1, -0.05) is 255 Å². The fraction of sp³-hybridized carbons (Fsp3) is 0.836. The quantitative estimate of drug-likeness (QED) is 0.0264. The van der Waals surface area contributed by atoms with Crippen LogP contribution in [-0.4, -0.2) is 49.3 Å². The monoisotopic (exact) mass is 1020 g/mol. The summed E-state index contributed by atoms with van der Waals surface area (Å²) >= 11 is 0. The highest BCUT2D eigenvalue weighted by molar-refractivity contribution is 7.47. The van der Waals surface area contributed by atoms with Crippen LogP contribution in [0.15, 0.2) is 48.6 Å². The van der Waals surface area contributed by atoms with Gasteiger partial charge in [0.15, 0.2) is 6.10 Å². The highest BCUT2D eigenvalue weighted by Gasteiger charge is 2.26. The second-order valence-corrected chi connectivity index (χ2v) is 21.7. The maximum Gasteiger partial charge on any atom is 0.472 e. The molecular weight excluding hydrogens is 906 g/mol. The highest BCUT2D eigenvalue weighted by Crippen LogP contribution is 2.43. The summed E-state index contributed by atoms with van der Waals surface area (Å²) in [6.45, 7) is 3.73. The van der Waals surface area contributed by atoms with E-state index in [1.807, 2.05) is 0 Å². The summed E-state index contributed by atoms with van der Waals surface area (Å²) in [5.41, 5.74) is 5.38. The van der Waals surface area contributed by atoms with Crippen LogP contribution in [-0.2, 0) is 32.7 Å². The zero-order chi connectivity index (χ0) is 51.7. The van der Waals surface area contributed by atoms with Crippen LogP contribution >= 0.6 is 7.82 Å². The van der Waals surface area contributed by atoms with E-state index < -0.39 is 26.5 Å². The van der Waals surface area contributed by atoms with Crippen LogP contribution in [0.3, 0.4) is 0 Å². The van der Waals surface area contributed by atoms with Crippen molar-refractivity contribution in [3.63, 3.8) is 0 Å². The molecule has 0 saturated carbocycles. The fourth-order valence-corrected chi connectivity index (χ4v) is 9.46. The summed E-state index contributed by atoms with van der Waals surface area (Å²) in [7, 11) is -4.39. The number of carbonyl (C=O) groups is 2. The molecule has 0 spiro atoms. The number of unbranched alkanes of at least 4 members (excludes halogenated alkanes) is 36. The summed E-state index contributed by atoms with van der Waals surface area (Å²) in [4.78, 5) is 35.2. The molecule has 0 heterocycles. The molecule has 0 rings (SSSR count). The molecule has 9 nitrogen and oxygen atoms in total. The van der Waals surface area contributed by atoms with Gasteiger partial charge in [0.25, 0.3) is 0 Å². The Hall–Kier alpha value is -2.03. The number of phosphoric acid groups is 1. The fourth-order valence-electron chi connectivity index (χ4n) is 8.70. The predicted molar refractivity (Wildman–Crippen MR) is 303 cm³/mol. The van der Waals surface area contributed by atoms with Crippen molar-refractivity contribution in [2.45, 2.75) is 302 Å². The standard InChI is InChI=1S/C61H114NO8P/c1-3-5-7-9-11-13-15-17-19-21-22-23-24-25-26-27-28-29-30-31-32-33-34-35-36-38-40-42-44-46-48-50-52-54-61(64)70-59(58-69-71(65,66)68-56-55-62)57-67-60(63)53-51-49-47-45-43-41-39-37-20-18-16-14-12-10-8-6-4-2/h12,14-15,17-18,20-22,59H,3-11,13,16,19,23-58,62H2,1-2H3,(H,65,66)/b14-12-,17-15-,20-18-,22-21-. The van der Waals surface area contributed by atoms with E-state index in [1.54, 1.807) is 0 Å². The zero-order valence-corrected chi connectivity index (χ0v) is 47.4. The van der Waals surface area contributed by atoms with E-state index in [2.05, 4.69) is 62.5 Å². The number of rotatable bonds is 57. The maximum absolute atomic E-state index is 12.7. The second-order valence-electron chi connectivity index (χ2n) is 20.2. The minimum Gasteiger partial charge on any atom is -0.462 e. The Kier molecular flexibility index (Phi) is 55.6. The number of ether oxygens (including phenoxy) is 2. The lowest BCUT2D eigenvalue weighted by Crippen LogP contribution is -2.29. The Bertz CT molecular complexity index is 1300. The minimum atomic E-state index is -4.39. The minimum absolute atomic E-state index is 0.0528. The molecule has 0 aromatic carbocycles. The molecule has 0 amide bonds. The van der Waals surface area contributed by atoms with Gasteiger partial charge in [0.2, 0.25) is 0 Å². The van der Waals surface area contributed by atoms with Crippen LogP contribution < -0.4 is 5.73 Å². The SMILES string of the molecule is CCCCC/C=C\C/C=C\CCCCCCCCCC(=O)OCC(COP(=O)(O)OCCN)OC(=O)CCCCCCCCCCCCCCCCCCCCCCC/C=C\C/C=C\CCCCCCC. The predicted octanol–water partition coefficient (Wildman–Crippen LogP) is 19.0. The molecule has 3 N–H and O–H groups in total. The normalized spacial score (nSPS) is 13.4. The number of carbonyl (C=O) groups excluding carboxylic acids is 2. The largest absolute Gasteiger partial charge is 0.472 e. The van der Waals surface area contributed by atoms with Crippen molar-refractivity contribution in [1.82, 2.24) is 0 Å². The van der Waals surface area contributed by atoms with Gasteiger partial charge in [0.05, 0.1) is 13.2 Å². The third-order valence-electron chi connectivity index (χ3n) is 13.2. The van der Waals surface area contributed by atoms with Crippen LogP contribution in [0.25, 0.3) is 0 Å². The van der Waals surface area contributed by atoms with Crippen LogP contribution in [0.5, 0.6) is 0 Å². The van der Waals surface area contributed by atoms with Crippen molar-refractivity contribution < 1.29 is 37.6 Å². The van der Waals surface area contributed by atoms with E-state index in [0.717, 1.165) is 57.8 Å². The molecule has 2 unspecified atom stereocenters. The van der Waals surface area contributed by atoms with Gasteiger partial charge in [-0.3, -0.25) is 18.6 Å². The summed E-state index contributed by atoms with van der Waals surface area (Å²) in [5.74, 6) is -0.825. The van der Waals surface area contributed by atoms with Gasteiger partial charge in [0.1, 0.15) is 6.61 Å². The molecule has 10 heteroatoms. The zero-order valence-electron chi connectivity index (χ0n) is 46.5. The topological polar surface area (TPSA) is 134 Å². The maximum atomic E-state index is 12.7. The van der Waals surface area contributed by atoms with Gasteiger partial charge in [-0.05, 0) is 77.0 Å². The summed E-state index contributed by atoms with van der Waals surface area (Å²) in [5, 5.41) is 0. The van der Waals surface area contributed by atoms with Crippen molar-refractivity contribution in [2.75, 3.05) is 26.4 Å².